The van der Waals surface area contributed by atoms with Crippen LogP contribution in [0.5, 0.6) is 5.75 Å². The van der Waals surface area contributed by atoms with Crippen molar-refractivity contribution in [1.29, 1.82) is 0 Å². The first-order chi connectivity index (χ1) is 19.9. The number of hydrogen-bond donors (Lipinski definition) is 4. The third-order valence-electron chi connectivity index (χ3n) is 7.49. The molecular formula is C31H39N7O4. The van der Waals surface area contributed by atoms with E-state index in [9.17, 15) is 9.59 Å². The summed E-state index contributed by atoms with van der Waals surface area (Å²) in [7, 11) is 1.61. The predicted octanol–water partition coefficient (Wildman–Crippen LogP) is 4.08. The van der Waals surface area contributed by atoms with Gasteiger partial charge in [0, 0.05) is 48.2 Å². The lowest BCUT2D eigenvalue weighted by atomic mass is 9.79. The number of hydrogen-bond acceptors (Lipinski definition) is 9. The maximum absolute atomic E-state index is 12.4. The maximum atomic E-state index is 12.4. The van der Waals surface area contributed by atoms with Gasteiger partial charge in [0.2, 0.25) is 5.95 Å². The summed E-state index contributed by atoms with van der Waals surface area (Å²) in [5.41, 5.74) is 9.01. The second-order valence-corrected chi connectivity index (χ2v) is 12.1. The van der Waals surface area contributed by atoms with Gasteiger partial charge in [0.15, 0.2) is 6.61 Å². The average molecular weight is 574 g/mol. The van der Waals surface area contributed by atoms with Crippen molar-refractivity contribution in [1.82, 2.24) is 15.3 Å². The molecule has 0 saturated carbocycles. The zero-order valence-corrected chi connectivity index (χ0v) is 24.8. The molecule has 1 saturated heterocycles. The lowest BCUT2D eigenvalue weighted by molar-refractivity contribution is -0.121. The molecule has 0 unspecified atom stereocenters. The molecule has 0 bridgehead atoms. The summed E-state index contributed by atoms with van der Waals surface area (Å²) < 4.78 is 11.0. The third kappa shape index (κ3) is 6.47. The number of nitrogens with one attached hydrogen (secondary N) is 3. The molecular weight excluding hydrogens is 534 g/mol. The molecule has 2 aliphatic rings. The van der Waals surface area contributed by atoms with E-state index in [1.165, 1.54) is 6.20 Å². The summed E-state index contributed by atoms with van der Waals surface area (Å²) in [6.07, 6.45) is 3.15. The molecule has 222 valence electrons. The Kier molecular flexibility index (Phi) is 8.07. The van der Waals surface area contributed by atoms with Crippen molar-refractivity contribution in [3.63, 3.8) is 0 Å². The van der Waals surface area contributed by atoms with Crippen LogP contribution in [0.4, 0.5) is 23.1 Å². The summed E-state index contributed by atoms with van der Waals surface area (Å²) in [6.45, 7) is 9.53. The highest BCUT2D eigenvalue weighted by Crippen LogP contribution is 2.38. The van der Waals surface area contributed by atoms with E-state index in [2.05, 4.69) is 48.6 Å². The van der Waals surface area contributed by atoms with Gasteiger partial charge >= 0.3 is 0 Å². The Morgan fingerprint density at radius 2 is 1.90 bits per heavy atom. The topological polar surface area (TPSA) is 144 Å². The molecule has 3 aromatic rings. The number of amides is 2. The molecule has 0 atom stereocenters. The van der Waals surface area contributed by atoms with Crippen LogP contribution < -0.4 is 31.3 Å². The van der Waals surface area contributed by atoms with E-state index in [-0.39, 0.29) is 35.2 Å². The number of carbonyl (C=O) groups excluding carboxylic acids is 2. The van der Waals surface area contributed by atoms with E-state index in [0.717, 1.165) is 29.7 Å². The Balaban J connectivity index is 1.43. The third-order valence-corrected chi connectivity index (χ3v) is 7.49. The number of primary amides is 1. The number of fused-ring (bicyclic) bond motifs is 1. The number of benzene rings is 2. The first-order valence-corrected chi connectivity index (χ1v) is 14.1. The molecule has 11 heteroatoms. The summed E-state index contributed by atoms with van der Waals surface area (Å²) in [4.78, 5) is 35.5. The molecule has 5 rings (SSSR count). The Morgan fingerprint density at radius 1 is 1.17 bits per heavy atom. The van der Waals surface area contributed by atoms with Crippen molar-refractivity contribution < 1.29 is 19.1 Å². The number of rotatable bonds is 9. The number of anilines is 4. The van der Waals surface area contributed by atoms with Crippen molar-refractivity contribution in [2.75, 3.05) is 42.4 Å². The number of para-hydroxylation sites is 1. The van der Waals surface area contributed by atoms with Crippen LogP contribution in [0.25, 0.3) is 11.1 Å². The van der Waals surface area contributed by atoms with E-state index in [1.807, 2.05) is 42.5 Å². The minimum Gasteiger partial charge on any atom is -0.482 e. The van der Waals surface area contributed by atoms with Gasteiger partial charge in [-0.2, -0.15) is 4.98 Å². The molecule has 1 fully saturated rings. The standard InChI is InChI=1S/C31H39N7O4/c1-30(2)15-20(16-31(3,4)37-30)34-28-22(27(32)40)17-33-29(36-28)35-23-9-7-6-8-21(23)19-10-11-24-25(14-19)42-18-26(39)38(24)12-13-41-5/h6-11,14,17,20,37H,12-13,15-16,18H2,1-5H3,(H2,32,40)(H2,33,34,35,36). The van der Waals surface area contributed by atoms with Gasteiger partial charge < -0.3 is 36.1 Å². The van der Waals surface area contributed by atoms with Gasteiger partial charge in [-0.3, -0.25) is 9.59 Å². The summed E-state index contributed by atoms with van der Waals surface area (Å²) in [6, 6.07) is 13.6. The van der Waals surface area contributed by atoms with Gasteiger partial charge in [-0.15, -0.1) is 0 Å². The van der Waals surface area contributed by atoms with Crippen molar-refractivity contribution in [3.8, 4) is 16.9 Å². The van der Waals surface area contributed by atoms with Crippen LogP contribution in [0.15, 0.2) is 48.7 Å². The monoisotopic (exact) mass is 573 g/mol. The van der Waals surface area contributed by atoms with Crippen LogP contribution in [0.3, 0.4) is 0 Å². The molecule has 1 aromatic heterocycles. The summed E-state index contributed by atoms with van der Waals surface area (Å²) in [5.74, 6) is 0.655. The highest BCUT2D eigenvalue weighted by Gasteiger charge is 2.38. The van der Waals surface area contributed by atoms with Crippen LogP contribution in [0, 0.1) is 0 Å². The SMILES string of the molecule is COCCN1C(=O)COc2cc(-c3ccccc3Nc3ncc(C(N)=O)c(NC4CC(C)(C)NC(C)(C)C4)n3)ccc21. The van der Waals surface area contributed by atoms with Gasteiger partial charge in [0.05, 0.1) is 17.9 Å². The number of aromatic nitrogens is 2. The molecule has 0 radical (unpaired) electrons. The van der Waals surface area contributed by atoms with Gasteiger partial charge in [0.1, 0.15) is 11.6 Å². The number of piperidine rings is 1. The Morgan fingerprint density at radius 3 is 2.62 bits per heavy atom. The number of methoxy groups -OCH3 is 1. The maximum Gasteiger partial charge on any atom is 0.265 e. The minimum absolute atomic E-state index is 0.0265. The fraction of sp³-hybridized carbons (Fsp3) is 0.419. The lowest BCUT2D eigenvalue weighted by Gasteiger charge is -2.46. The molecule has 11 nitrogen and oxygen atoms in total. The molecule has 5 N–H and O–H groups in total. The van der Waals surface area contributed by atoms with Crippen LogP contribution in [-0.4, -0.2) is 65.8 Å². The highest BCUT2D eigenvalue weighted by atomic mass is 16.5. The van der Waals surface area contributed by atoms with Crippen molar-refractivity contribution in [2.45, 2.75) is 57.7 Å². The number of ether oxygens (including phenoxy) is 2. The molecule has 2 aliphatic heterocycles. The van der Waals surface area contributed by atoms with E-state index < -0.39 is 5.91 Å². The first-order valence-electron chi connectivity index (χ1n) is 14.1. The van der Waals surface area contributed by atoms with E-state index in [4.69, 9.17) is 20.2 Å². The fourth-order valence-corrected chi connectivity index (χ4v) is 6.11. The summed E-state index contributed by atoms with van der Waals surface area (Å²) >= 11 is 0. The smallest absolute Gasteiger partial charge is 0.265 e. The summed E-state index contributed by atoms with van der Waals surface area (Å²) in [5, 5.41) is 10.5. The van der Waals surface area contributed by atoms with Crippen LogP contribution in [-0.2, 0) is 9.53 Å². The van der Waals surface area contributed by atoms with Gasteiger partial charge in [0.25, 0.3) is 11.8 Å². The number of nitrogens with two attached hydrogens (primary N) is 1. The Labute approximate surface area is 246 Å². The van der Waals surface area contributed by atoms with Crippen LogP contribution in [0.2, 0.25) is 0 Å². The lowest BCUT2D eigenvalue weighted by Crippen LogP contribution is -2.60. The Hall–Kier alpha value is -4.22. The minimum atomic E-state index is -0.594. The second kappa shape index (κ2) is 11.6. The van der Waals surface area contributed by atoms with Gasteiger partial charge in [-0.25, -0.2) is 4.98 Å². The van der Waals surface area contributed by atoms with Crippen molar-refractivity contribution in [2.24, 2.45) is 5.73 Å². The van der Waals surface area contributed by atoms with E-state index >= 15 is 0 Å². The number of carbonyl (C=O) groups is 2. The van der Waals surface area contributed by atoms with E-state index in [1.54, 1.807) is 12.0 Å². The molecule has 42 heavy (non-hydrogen) atoms. The van der Waals surface area contributed by atoms with Crippen molar-refractivity contribution >= 4 is 35.0 Å². The van der Waals surface area contributed by atoms with Crippen LogP contribution >= 0.6 is 0 Å². The molecule has 2 aromatic carbocycles. The normalized spacial score (nSPS) is 17.7. The second-order valence-electron chi connectivity index (χ2n) is 12.1. The molecule has 2 amide bonds. The zero-order chi connectivity index (χ0) is 30.1. The zero-order valence-electron chi connectivity index (χ0n) is 24.8. The predicted molar refractivity (Wildman–Crippen MR) is 163 cm³/mol. The molecule has 0 aliphatic carbocycles. The van der Waals surface area contributed by atoms with Gasteiger partial charge in [-0.1, -0.05) is 24.3 Å². The average Bonchev–Trinajstić information content (AvgIpc) is 2.91. The highest BCUT2D eigenvalue weighted by molar-refractivity contribution is 5.99. The van der Waals surface area contributed by atoms with E-state index in [0.29, 0.717) is 36.4 Å². The quantitative estimate of drug-likeness (QED) is 0.298. The molecule has 3 heterocycles. The molecule has 0 spiro atoms. The Bertz CT molecular complexity index is 1470. The largest absolute Gasteiger partial charge is 0.482 e. The van der Waals surface area contributed by atoms with Gasteiger partial charge in [-0.05, 0) is 64.3 Å². The van der Waals surface area contributed by atoms with Crippen molar-refractivity contribution in [3.05, 3.63) is 54.2 Å². The van der Waals surface area contributed by atoms with Crippen LogP contribution in [0.1, 0.15) is 50.9 Å². The fourth-order valence-electron chi connectivity index (χ4n) is 6.11. The first kappa shape index (κ1) is 29.3. The number of nitrogens with zero attached hydrogens (tertiary/aromatic N) is 3.